The van der Waals surface area contributed by atoms with Crippen LogP contribution in [0.1, 0.15) is 15.4 Å². The maximum absolute atomic E-state index is 12.0. The number of aromatic nitrogens is 1. The topological polar surface area (TPSA) is 95.5 Å². The molecular formula is C16H24IN5O2S2. The number of thiazole rings is 1. The van der Waals surface area contributed by atoms with Crippen LogP contribution in [0, 0.1) is 6.92 Å². The molecule has 0 amide bonds. The predicted octanol–water partition coefficient (Wildman–Crippen LogP) is 1.85. The van der Waals surface area contributed by atoms with E-state index in [0.29, 0.717) is 19.0 Å². The molecule has 0 radical (unpaired) electrons. The Balaban J connectivity index is 0.00000338. The van der Waals surface area contributed by atoms with Crippen molar-refractivity contribution in [2.75, 3.05) is 19.3 Å². The van der Waals surface area contributed by atoms with Crippen LogP contribution in [0.2, 0.25) is 0 Å². The number of nitrogens with zero attached hydrogens (tertiary/aromatic N) is 2. The minimum absolute atomic E-state index is 0. The van der Waals surface area contributed by atoms with E-state index in [1.165, 1.54) is 0 Å². The van der Waals surface area contributed by atoms with Crippen LogP contribution in [0.4, 0.5) is 0 Å². The van der Waals surface area contributed by atoms with Crippen molar-refractivity contribution < 1.29 is 8.42 Å². The molecule has 0 unspecified atom stereocenters. The van der Waals surface area contributed by atoms with E-state index in [9.17, 15) is 8.42 Å². The lowest BCUT2D eigenvalue weighted by Gasteiger charge is -2.11. The molecule has 0 fully saturated rings. The van der Waals surface area contributed by atoms with E-state index in [1.807, 2.05) is 43.5 Å². The van der Waals surface area contributed by atoms with Gasteiger partial charge in [-0.2, -0.15) is 0 Å². The molecule has 0 saturated heterocycles. The molecule has 144 valence electrons. The maximum Gasteiger partial charge on any atom is 0.213 e. The molecule has 0 spiro atoms. The third-order valence-electron chi connectivity index (χ3n) is 3.30. The Morgan fingerprint density at radius 2 is 1.92 bits per heavy atom. The van der Waals surface area contributed by atoms with E-state index in [-0.39, 0.29) is 36.3 Å². The second-order valence-corrected chi connectivity index (χ2v) is 8.59. The molecule has 1 heterocycles. The Labute approximate surface area is 175 Å². The van der Waals surface area contributed by atoms with Crippen molar-refractivity contribution >= 4 is 51.3 Å². The zero-order valence-electron chi connectivity index (χ0n) is 14.7. The summed E-state index contributed by atoms with van der Waals surface area (Å²) < 4.78 is 26.7. The molecular weight excluding hydrogens is 485 g/mol. The highest BCUT2D eigenvalue weighted by atomic mass is 127. The highest BCUT2D eigenvalue weighted by Gasteiger charge is 2.10. The average Bonchev–Trinajstić information content (AvgIpc) is 3.02. The van der Waals surface area contributed by atoms with Crippen LogP contribution in [0.5, 0.6) is 0 Å². The molecule has 1 aromatic carbocycles. The summed E-state index contributed by atoms with van der Waals surface area (Å²) in [5, 5.41) is 7.07. The van der Waals surface area contributed by atoms with Gasteiger partial charge < -0.3 is 10.6 Å². The number of guanidine groups is 1. The Bertz CT molecular complexity index is 794. The van der Waals surface area contributed by atoms with Gasteiger partial charge in [-0.05, 0) is 12.5 Å². The van der Waals surface area contributed by atoms with Gasteiger partial charge in [-0.15, -0.1) is 35.3 Å². The summed E-state index contributed by atoms with van der Waals surface area (Å²) in [5.41, 5.74) is 0.926. The summed E-state index contributed by atoms with van der Waals surface area (Å²) in [6.07, 6.45) is 1.82. The van der Waals surface area contributed by atoms with E-state index in [0.717, 1.165) is 15.4 Å². The summed E-state index contributed by atoms with van der Waals surface area (Å²) in [6.45, 7) is 3.11. The molecule has 0 saturated carbocycles. The molecule has 3 N–H and O–H groups in total. The molecule has 26 heavy (non-hydrogen) atoms. The maximum atomic E-state index is 12.0. The fraction of sp³-hybridized carbons (Fsp3) is 0.375. The fourth-order valence-electron chi connectivity index (χ4n) is 2.03. The summed E-state index contributed by atoms with van der Waals surface area (Å²) in [7, 11) is -1.71. The number of hydrogen-bond donors (Lipinski definition) is 3. The first-order valence-corrected chi connectivity index (χ1v) is 10.3. The van der Waals surface area contributed by atoms with Gasteiger partial charge in [-0.1, -0.05) is 30.3 Å². The molecule has 0 bridgehead atoms. The van der Waals surface area contributed by atoms with E-state index in [4.69, 9.17) is 0 Å². The van der Waals surface area contributed by atoms with Gasteiger partial charge in [-0.3, -0.25) is 4.99 Å². The van der Waals surface area contributed by atoms with Crippen LogP contribution in [0.3, 0.4) is 0 Å². The van der Waals surface area contributed by atoms with Gasteiger partial charge in [0, 0.05) is 31.2 Å². The smallest absolute Gasteiger partial charge is 0.213 e. The minimum Gasteiger partial charge on any atom is -0.355 e. The standard InChI is InChI=1S/C16H23N5O2S2.HI/c1-13-10-19-15(24-13)12-20-16(17-2)18-8-9-25(22,23)21-11-14-6-4-3-5-7-14;/h3-7,10,21H,8-9,11-12H2,1-2H3,(H2,17,18,20);1H. The first-order valence-electron chi connectivity index (χ1n) is 7.85. The Hall–Kier alpha value is -1.24. The van der Waals surface area contributed by atoms with Gasteiger partial charge >= 0.3 is 0 Å². The highest BCUT2D eigenvalue weighted by molar-refractivity contribution is 14.0. The number of rotatable bonds is 8. The van der Waals surface area contributed by atoms with Crippen molar-refractivity contribution in [3.05, 3.63) is 52.0 Å². The van der Waals surface area contributed by atoms with Crippen LogP contribution < -0.4 is 15.4 Å². The van der Waals surface area contributed by atoms with Gasteiger partial charge in [0.15, 0.2) is 5.96 Å². The van der Waals surface area contributed by atoms with Crippen molar-refractivity contribution in [1.82, 2.24) is 20.3 Å². The summed E-state index contributed by atoms with van der Waals surface area (Å²) in [6, 6.07) is 9.42. The molecule has 0 atom stereocenters. The van der Waals surface area contributed by atoms with Crippen molar-refractivity contribution in [3.8, 4) is 0 Å². The summed E-state index contributed by atoms with van der Waals surface area (Å²) in [5.74, 6) is 0.516. The number of benzene rings is 1. The first kappa shape index (κ1) is 22.8. The molecule has 1 aromatic heterocycles. The molecule has 0 aliphatic rings. The third kappa shape index (κ3) is 8.43. The monoisotopic (exact) mass is 509 g/mol. The van der Waals surface area contributed by atoms with E-state index in [2.05, 4.69) is 25.3 Å². The molecule has 0 aliphatic heterocycles. The number of sulfonamides is 1. The lowest BCUT2D eigenvalue weighted by molar-refractivity contribution is 0.580. The van der Waals surface area contributed by atoms with Gasteiger partial charge in [0.1, 0.15) is 5.01 Å². The zero-order chi connectivity index (χ0) is 18.1. The predicted molar refractivity (Wildman–Crippen MR) is 118 cm³/mol. The number of aryl methyl sites for hydroxylation is 1. The lowest BCUT2D eigenvalue weighted by Crippen LogP contribution is -2.40. The Morgan fingerprint density at radius 1 is 1.19 bits per heavy atom. The molecule has 7 nitrogen and oxygen atoms in total. The quantitative estimate of drug-likeness (QED) is 0.287. The van der Waals surface area contributed by atoms with Crippen LogP contribution in [0.15, 0.2) is 41.5 Å². The minimum atomic E-state index is -3.35. The molecule has 0 aliphatic carbocycles. The highest BCUT2D eigenvalue weighted by Crippen LogP contribution is 2.10. The van der Waals surface area contributed by atoms with Crippen LogP contribution in [-0.2, 0) is 23.1 Å². The molecule has 2 rings (SSSR count). The van der Waals surface area contributed by atoms with Crippen molar-refractivity contribution in [1.29, 1.82) is 0 Å². The van der Waals surface area contributed by atoms with Crippen molar-refractivity contribution in [3.63, 3.8) is 0 Å². The Kier molecular flexibility index (Phi) is 10.1. The SMILES string of the molecule is CN=C(NCCS(=O)(=O)NCc1ccccc1)NCc1ncc(C)s1.I. The normalized spacial score (nSPS) is 11.7. The van der Waals surface area contributed by atoms with Crippen molar-refractivity contribution in [2.24, 2.45) is 4.99 Å². The van der Waals surface area contributed by atoms with Crippen LogP contribution >= 0.6 is 35.3 Å². The van der Waals surface area contributed by atoms with E-state index in [1.54, 1.807) is 18.4 Å². The molecule has 2 aromatic rings. The van der Waals surface area contributed by atoms with Gasteiger partial charge in [0.25, 0.3) is 0 Å². The van der Waals surface area contributed by atoms with Gasteiger partial charge in [-0.25, -0.2) is 18.1 Å². The van der Waals surface area contributed by atoms with E-state index >= 15 is 0 Å². The summed E-state index contributed by atoms with van der Waals surface area (Å²) >= 11 is 1.61. The Morgan fingerprint density at radius 3 is 2.54 bits per heavy atom. The fourth-order valence-corrected chi connectivity index (χ4v) is 3.66. The number of halogens is 1. The van der Waals surface area contributed by atoms with Crippen LogP contribution in [-0.4, -0.2) is 38.7 Å². The van der Waals surface area contributed by atoms with E-state index < -0.39 is 10.0 Å². The first-order chi connectivity index (χ1) is 12.0. The number of aliphatic imine (C=N–C) groups is 1. The second kappa shape index (κ2) is 11.5. The van der Waals surface area contributed by atoms with Crippen molar-refractivity contribution in [2.45, 2.75) is 20.0 Å². The van der Waals surface area contributed by atoms with Gasteiger partial charge in [0.05, 0.1) is 12.3 Å². The second-order valence-electron chi connectivity index (χ2n) is 5.34. The zero-order valence-corrected chi connectivity index (χ0v) is 18.7. The largest absolute Gasteiger partial charge is 0.355 e. The number of nitrogens with one attached hydrogen (secondary N) is 3. The summed E-state index contributed by atoms with van der Waals surface area (Å²) in [4.78, 5) is 9.49. The lowest BCUT2D eigenvalue weighted by atomic mass is 10.2. The number of hydrogen-bond acceptors (Lipinski definition) is 5. The molecule has 10 heteroatoms. The van der Waals surface area contributed by atoms with Gasteiger partial charge in [0.2, 0.25) is 10.0 Å². The average molecular weight is 509 g/mol. The van der Waals surface area contributed by atoms with Crippen LogP contribution in [0.25, 0.3) is 0 Å². The third-order valence-corrected chi connectivity index (χ3v) is 5.54.